The van der Waals surface area contributed by atoms with Crippen LogP contribution in [0.15, 0.2) is 5.38 Å². The molecule has 0 aromatic carbocycles. The van der Waals surface area contributed by atoms with Crippen LogP contribution in [0.3, 0.4) is 0 Å². The van der Waals surface area contributed by atoms with Crippen molar-refractivity contribution in [1.82, 2.24) is 0 Å². The Morgan fingerprint density at radius 2 is 2.25 bits per heavy atom. The molecule has 0 aliphatic rings. The topological polar surface area (TPSA) is 52.3 Å². The molecule has 0 radical (unpaired) electrons. The summed E-state index contributed by atoms with van der Waals surface area (Å²) in [6.07, 6.45) is 5.04. The fourth-order valence-corrected chi connectivity index (χ4v) is 2.34. The standard InChI is InChI=1S/C12H15NO2S/c1-5-6-15-11(14)9-8(12(2,3)4)7-16-10(9)13/h1,7H,6,13H2,2-4H3. The van der Waals surface area contributed by atoms with E-state index in [9.17, 15) is 4.79 Å². The van der Waals surface area contributed by atoms with E-state index < -0.39 is 5.97 Å². The number of carbonyl (C=O) groups is 1. The van der Waals surface area contributed by atoms with Crippen molar-refractivity contribution in [1.29, 1.82) is 0 Å². The zero-order valence-electron chi connectivity index (χ0n) is 9.66. The molecule has 0 atom stereocenters. The van der Waals surface area contributed by atoms with Crippen LogP contribution in [0, 0.1) is 12.3 Å². The van der Waals surface area contributed by atoms with Crippen molar-refractivity contribution >= 4 is 22.3 Å². The minimum Gasteiger partial charge on any atom is -0.449 e. The van der Waals surface area contributed by atoms with Gasteiger partial charge in [-0.3, -0.25) is 0 Å². The number of nitrogen functional groups attached to an aromatic ring is 1. The highest BCUT2D eigenvalue weighted by Gasteiger charge is 2.26. The lowest BCUT2D eigenvalue weighted by Gasteiger charge is -2.18. The smallest absolute Gasteiger partial charge is 0.342 e. The van der Waals surface area contributed by atoms with Crippen molar-refractivity contribution in [3.8, 4) is 12.3 Å². The third-order valence-corrected chi connectivity index (χ3v) is 2.93. The van der Waals surface area contributed by atoms with Crippen LogP contribution >= 0.6 is 11.3 Å². The van der Waals surface area contributed by atoms with Crippen LogP contribution in [0.4, 0.5) is 5.00 Å². The summed E-state index contributed by atoms with van der Waals surface area (Å²) in [7, 11) is 0. The van der Waals surface area contributed by atoms with Crippen LogP contribution < -0.4 is 5.73 Å². The van der Waals surface area contributed by atoms with E-state index in [0.29, 0.717) is 10.6 Å². The molecular formula is C12H15NO2S. The van der Waals surface area contributed by atoms with E-state index in [4.69, 9.17) is 16.9 Å². The molecule has 0 fully saturated rings. The predicted molar refractivity (Wildman–Crippen MR) is 66.5 cm³/mol. The average molecular weight is 237 g/mol. The highest BCUT2D eigenvalue weighted by molar-refractivity contribution is 7.14. The second kappa shape index (κ2) is 4.58. The Labute approximate surface area is 99.6 Å². The van der Waals surface area contributed by atoms with Crippen molar-refractivity contribution in [2.45, 2.75) is 26.2 Å². The lowest BCUT2D eigenvalue weighted by molar-refractivity contribution is 0.0556. The molecule has 0 aliphatic carbocycles. The first kappa shape index (κ1) is 12.6. The van der Waals surface area contributed by atoms with Crippen molar-refractivity contribution < 1.29 is 9.53 Å². The van der Waals surface area contributed by atoms with Gasteiger partial charge in [0.1, 0.15) is 5.00 Å². The molecule has 2 N–H and O–H groups in total. The molecule has 0 amide bonds. The Morgan fingerprint density at radius 3 is 2.75 bits per heavy atom. The van der Waals surface area contributed by atoms with Gasteiger partial charge >= 0.3 is 5.97 Å². The fraction of sp³-hybridized carbons (Fsp3) is 0.417. The zero-order valence-corrected chi connectivity index (χ0v) is 10.5. The van der Waals surface area contributed by atoms with Crippen LogP contribution in [-0.2, 0) is 10.2 Å². The summed E-state index contributed by atoms with van der Waals surface area (Å²) in [6, 6.07) is 0. The summed E-state index contributed by atoms with van der Waals surface area (Å²) in [5, 5.41) is 2.37. The van der Waals surface area contributed by atoms with Gasteiger partial charge in [0, 0.05) is 0 Å². The molecule has 0 unspecified atom stereocenters. The third-order valence-electron chi connectivity index (χ3n) is 2.12. The Hall–Kier alpha value is -1.47. The number of terminal acetylenes is 1. The molecule has 1 aromatic heterocycles. The van der Waals surface area contributed by atoms with Crippen LogP contribution in [0.2, 0.25) is 0 Å². The van der Waals surface area contributed by atoms with Gasteiger partial charge in [0.25, 0.3) is 0 Å². The number of thiophene rings is 1. The number of esters is 1. The predicted octanol–water partition coefficient (Wildman–Crippen LogP) is 2.42. The van der Waals surface area contributed by atoms with Crippen molar-refractivity contribution in [3.05, 3.63) is 16.5 Å². The minimum atomic E-state index is -0.443. The van der Waals surface area contributed by atoms with Gasteiger partial charge in [0.2, 0.25) is 0 Å². The summed E-state index contributed by atoms with van der Waals surface area (Å²) >= 11 is 1.34. The van der Waals surface area contributed by atoms with E-state index in [1.54, 1.807) is 0 Å². The molecule has 1 aromatic rings. The molecule has 4 heteroatoms. The van der Waals surface area contributed by atoms with Gasteiger partial charge in [-0.25, -0.2) is 4.79 Å². The highest BCUT2D eigenvalue weighted by Crippen LogP contribution is 2.34. The monoisotopic (exact) mass is 237 g/mol. The normalized spacial score (nSPS) is 10.9. The molecule has 0 saturated carbocycles. The number of rotatable bonds is 2. The van der Waals surface area contributed by atoms with E-state index in [0.717, 1.165) is 5.56 Å². The maximum absolute atomic E-state index is 11.8. The molecule has 1 rings (SSSR count). The molecule has 0 aliphatic heterocycles. The van der Waals surface area contributed by atoms with Gasteiger partial charge in [-0.1, -0.05) is 26.7 Å². The first-order valence-corrected chi connectivity index (χ1v) is 5.74. The molecule has 86 valence electrons. The lowest BCUT2D eigenvalue weighted by atomic mass is 9.86. The summed E-state index contributed by atoms with van der Waals surface area (Å²) in [5.41, 5.74) is 6.99. The SMILES string of the molecule is C#CCOC(=O)c1c(C(C)(C)C)csc1N. The Morgan fingerprint density at radius 1 is 1.62 bits per heavy atom. The van der Waals surface area contributed by atoms with Gasteiger partial charge in [-0.2, -0.15) is 0 Å². The van der Waals surface area contributed by atoms with Crippen LogP contribution in [0.1, 0.15) is 36.7 Å². The van der Waals surface area contributed by atoms with E-state index in [1.165, 1.54) is 11.3 Å². The van der Waals surface area contributed by atoms with E-state index >= 15 is 0 Å². The number of anilines is 1. The quantitative estimate of drug-likeness (QED) is 0.635. The maximum atomic E-state index is 11.8. The summed E-state index contributed by atoms with van der Waals surface area (Å²) in [5.74, 6) is 1.81. The largest absolute Gasteiger partial charge is 0.449 e. The van der Waals surface area contributed by atoms with Crippen molar-refractivity contribution in [2.75, 3.05) is 12.3 Å². The first-order chi connectivity index (χ1) is 7.38. The summed E-state index contributed by atoms with van der Waals surface area (Å²) in [6.45, 7) is 6.03. The van der Waals surface area contributed by atoms with Gasteiger partial charge in [-0.15, -0.1) is 17.8 Å². The van der Waals surface area contributed by atoms with Gasteiger partial charge in [0.15, 0.2) is 6.61 Å². The number of ether oxygens (including phenoxy) is 1. The van der Waals surface area contributed by atoms with Crippen molar-refractivity contribution in [3.63, 3.8) is 0 Å². The van der Waals surface area contributed by atoms with Gasteiger partial charge in [-0.05, 0) is 16.4 Å². The molecule has 0 bridgehead atoms. The molecule has 0 saturated heterocycles. The van der Waals surface area contributed by atoms with Gasteiger partial charge < -0.3 is 10.5 Å². The van der Waals surface area contributed by atoms with Crippen LogP contribution in [0.25, 0.3) is 0 Å². The summed E-state index contributed by atoms with van der Waals surface area (Å²) < 4.78 is 4.90. The molecule has 16 heavy (non-hydrogen) atoms. The third kappa shape index (κ3) is 2.56. The second-order valence-corrected chi connectivity index (χ2v) is 5.33. The van der Waals surface area contributed by atoms with E-state index in [2.05, 4.69) is 5.92 Å². The number of carbonyl (C=O) groups excluding carboxylic acids is 1. The Kier molecular flexibility index (Phi) is 3.61. The zero-order chi connectivity index (χ0) is 12.3. The van der Waals surface area contributed by atoms with Gasteiger partial charge in [0.05, 0.1) is 5.56 Å². The Balaban J connectivity index is 3.08. The molecule has 1 heterocycles. The highest BCUT2D eigenvalue weighted by atomic mass is 32.1. The van der Waals surface area contributed by atoms with Crippen molar-refractivity contribution in [2.24, 2.45) is 0 Å². The first-order valence-electron chi connectivity index (χ1n) is 4.86. The van der Waals surface area contributed by atoms with E-state index in [1.807, 2.05) is 26.2 Å². The average Bonchev–Trinajstić information content (AvgIpc) is 2.56. The Bertz CT molecular complexity index is 435. The van der Waals surface area contributed by atoms with Crippen LogP contribution in [-0.4, -0.2) is 12.6 Å². The molecule has 0 spiro atoms. The minimum absolute atomic E-state index is 0.0301. The second-order valence-electron chi connectivity index (χ2n) is 4.42. The molecule has 3 nitrogen and oxygen atoms in total. The lowest BCUT2D eigenvalue weighted by Crippen LogP contribution is -2.17. The van der Waals surface area contributed by atoms with Crippen LogP contribution in [0.5, 0.6) is 0 Å². The summed E-state index contributed by atoms with van der Waals surface area (Å²) in [4.78, 5) is 11.8. The maximum Gasteiger partial charge on any atom is 0.342 e. The van der Waals surface area contributed by atoms with E-state index in [-0.39, 0.29) is 12.0 Å². The number of nitrogens with two attached hydrogens (primary N) is 1. The fourth-order valence-electron chi connectivity index (χ4n) is 1.31. The number of hydrogen-bond acceptors (Lipinski definition) is 4. The number of hydrogen-bond donors (Lipinski definition) is 1. The molecular weight excluding hydrogens is 222 g/mol.